The molecule has 27 heavy (non-hydrogen) atoms. The second-order valence-corrected chi connectivity index (χ2v) is 9.86. The van der Waals surface area contributed by atoms with Crippen LogP contribution in [-0.2, 0) is 11.8 Å². The maximum absolute atomic E-state index is 12.9. The molecule has 0 radical (unpaired) electrons. The van der Waals surface area contributed by atoms with Gasteiger partial charge in [-0.1, -0.05) is 0 Å². The Balaban J connectivity index is 1.17. The number of carbonyl (C=O) groups excluding carboxylic acids is 1. The van der Waals surface area contributed by atoms with E-state index in [-0.39, 0.29) is 11.7 Å². The van der Waals surface area contributed by atoms with E-state index >= 15 is 0 Å². The molecule has 0 spiro atoms. The van der Waals surface area contributed by atoms with Gasteiger partial charge in [0.1, 0.15) is 11.9 Å². The van der Waals surface area contributed by atoms with Gasteiger partial charge in [-0.05, 0) is 74.7 Å². The van der Waals surface area contributed by atoms with Crippen LogP contribution < -0.4 is 10.3 Å². The largest absolute Gasteiger partial charge is 0.486 e. The van der Waals surface area contributed by atoms with E-state index in [1.807, 2.05) is 17.9 Å². The van der Waals surface area contributed by atoms with Crippen molar-refractivity contribution in [1.29, 1.82) is 0 Å². The van der Waals surface area contributed by atoms with Gasteiger partial charge >= 0.3 is 0 Å². The second-order valence-electron chi connectivity index (χ2n) is 9.86. The summed E-state index contributed by atoms with van der Waals surface area (Å²) in [6.07, 6.45) is 8.86. The summed E-state index contributed by atoms with van der Waals surface area (Å²) in [4.78, 5) is 26.7. The summed E-state index contributed by atoms with van der Waals surface area (Å²) in [5, 5.41) is 0. The molecule has 146 valence electrons. The van der Waals surface area contributed by atoms with Crippen molar-refractivity contribution in [3.8, 4) is 5.75 Å². The van der Waals surface area contributed by atoms with Gasteiger partial charge in [-0.2, -0.15) is 0 Å². The van der Waals surface area contributed by atoms with Crippen LogP contribution in [0.2, 0.25) is 0 Å². The zero-order valence-corrected chi connectivity index (χ0v) is 16.4. The van der Waals surface area contributed by atoms with E-state index in [0.717, 1.165) is 29.9 Å². The summed E-state index contributed by atoms with van der Waals surface area (Å²) < 4.78 is 7.54. The lowest BCUT2D eigenvalue weighted by molar-refractivity contribution is -0.148. The molecule has 1 saturated heterocycles. The molecule has 1 aromatic heterocycles. The molecule has 0 aromatic carbocycles. The zero-order chi connectivity index (χ0) is 18.8. The summed E-state index contributed by atoms with van der Waals surface area (Å²) in [7, 11) is 1.76. The average molecular weight is 370 g/mol. The molecule has 1 amide bonds. The fourth-order valence-electron chi connectivity index (χ4n) is 6.65. The van der Waals surface area contributed by atoms with Gasteiger partial charge in [-0.25, -0.2) is 0 Å². The van der Waals surface area contributed by atoms with Crippen LogP contribution in [0.3, 0.4) is 0 Å². The van der Waals surface area contributed by atoms with Crippen LogP contribution in [0, 0.1) is 30.1 Å². The van der Waals surface area contributed by atoms with Gasteiger partial charge < -0.3 is 14.2 Å². The van der Waals surface area contributed by atoms with Gasteiger partial charge in [0.2, 0.25) is 5.91 Å². The molecule has 1 aliphatic heterocycles. The van der Waals surface area contributed by atoms with E-state index in [2.05, 4.69) is 0 Å². The second kappa shape index (κ2) is 6.11. The molecule has 5 nitrogen and oxygen atoms in total. The summed E-state index contributed by atoms with van der Waals surface area (Å²) >= 11 is 0. The normalized spacial score (nSPS) is 34.6. The van der Waals surface area contributed by atoms with Crippen LogP contribution in [0.25, 0.3) is 0 Å². The Morgan fingerprint density at radius 3 is 2.26 bits per heavy atom. The summed E-state index contributed by atoms with van der Waals surface area (Å²) in [6.45, 7) is 3.20. The summed E-state index contributed by atoms with van der Waals surface area (Å²) in [5.74, 6) is 3.60. The van der Waals surface area contributed by atoms with E-state index in [1.165, 1.54) is 44.6 Å². The smallest absolute Gasteiger partial charge is 0.254 e. The van der Waals surface area contributed by atoms with Gasteiger partial charge in [0.25, 0.3) is 5.56 Å². The maximum atomic E-state index is 12.9. The fraction of sp³-hybridized carbons (Fsp3) is 0.727. The number of nitrogens with zero attached hydrogens (tertiary/aromatic N) is 2. The number of aromatic nitrogens is 1. The number of ether oxygens (including phenoxy) is 1. The van der Waals surface area contributed by atoms with Crippen LogP contribution in [0.1, 0.15) is 50.6 Å². The number of hydrogen-bond donors (Lipinski definition) is 0. The minimum absolute atomic E-state index is 0.0109. The van der Waals surface area contributed by atoms with Gasteiger partial charge in [0.05, 0.1) is 13.1 Å². The highest BCUT2D eigenvalue weighted by Gasteiger charge is 2.52. The van der Waals surface area contributed by atoms with E-state index in [9.17, 15) is 9.59 Å². The van der Waals surface area contributed by atoms with Gasteiger partial charge in [-0.3, -0.25) is 9.59 Å². The third kappa shape index (κ3) is 3.09. The molecule has 4 saturated carbocycles. The molecule has 0 N–H and O–H groups in total. The Labute approximate surface area is 160 Å². The minimum atomic E-state index is -0.0564. The predicted octanol–water partition coefficient (Wildman–Crippen LogP) is 2.89. The lowest BCUT2D eigenvalue weighted by Crippen LogP contribution is -2.58. The fourth-order valence-corrected chi connectivity index (χ4v) is 6.65. The predicted molar refractivity (Wildman–Crippen MR) is 103 cm³/mol. The van der Waals surface area contributed by atoms with Crippen LogP contribution >= 0.6 is 0 Å². The Hall–Kier alpha value is -1.78. The SMILES string of the molecule is Cc1cc(OC2CN(C(=O)CC34CC5CC(CC(C5)C3)C4)C2)cc(=O)n1C. The molecule has 0 unspecified atom stereocenters. The first-order valence-corrected chi connectivity index (χ1v) is 10.5. The van der Waals surface area contributed by atoms with Gasteiger partial charge in [0, 0.05) is 25.2 Å². The number of aryl methyl sites for hydroxylation is 1. The van der Waals surface area contributed by atoms with Gasteiger partial charge in [0.15, 0.2) is 0 Å². The van der Waals surface area contributed by atoms with Crippen molar-refractivity contribution in [1.82, 2.24) is 9.47 Å². The lowest BCUT2D eigenvalue weighted by Gasteiger charge is -2.57. The standard InChI is InChI=1S/C22H30N2O3/c1-14-3-18(7-20(25)23(14)2)27-19-12-24(13-19)21(26)11-22-8-15-4-16(9-22)6-17(5-15)10-22/h3,7,15-17,19H,4-6,8-13H2,1-2H3. The molecular formula is C22H30N2O3. The molecule has 5 fully saturated rings. The molecule has 6 rings (SSSR count). The first kappa shape index (κ1) is 17.3. The van der Waals surface area contributed by atoms with Crippen LogP contribution in [0.4, 0.5) is 0 Å². The van der Waals surface area contributed by atoms with Crippen molar-refractivity contribution in [3.63, 3.8) is 0 Å². The van der Waals surface area contributed by atoms with Crippen molar-refractivity contribution in [2.45, 2.75) is 58.0 Å². The molecular weight excluding hydrogens is 340 g/mol. The van der Waals surface area contributed by atoms with Crippen LogP contribution in [0.5, 0.6) is 5.75 Å². The van der Waals surface area contributed by atoms with Crippen LogP contribution in [0.15, 0.2) is 16.9 Å². The minimum Gasteiger partial charge on any atom is -0.486 e. The lowest BCUT2D eigenvalue weighted by atomic mass is 9.49. The van der Waals surface area contributed by atoms with E-state index in [4.69, 9.17) is 4.74 Å². The molecule has 0 atom stereocenters. The van der Waals surface area contributed by atoms with Crippen molar-refractivity contribution in [3.05, 3.63) is 28.2 Å². The van der Waals surface area contributed by atoms with Crippen molar-refractivity contribution < 1.29 is 9.53 Å². The van der Waals surface area contributed by atoms with Crippen molar-refractivity contribution >= 4 is 5.91 Å². The summed E-state index contributed by atoms with van der Waals surface area (Å²) in [5.41, 5.74) is 1.13. The highest BCUT2D eigenvalue weighted by molar-refractivity contribution is 5.78. The molecule has 2 heterocycles. The number of hydrogen-bond acceptors (Lipinski definition) is 3. The van der Waals surface area contributed by atoms with E-state index in [0.29, 0.717) is 30.2 Å². The number of rotatable bonds is 4. The Bertz CT molecular complexity index is 786. The highest BCUT2D eigenvalue weighted by atomic mass is 16.5. The average Bonchev–Trinajstić information content (AvgIpc) is 2.53. The molecule has 1 aromatic rings. The van der Waals surface area contributed by atoms with Gasteiger partial charge in [-0.15, -0.1) is 0 Å². The Morgan fingerprint density at radius 2 is 1.70 bits per heavy atom. The van der Waals surface area contributed by atoms with E-state index in [1.54, 1.807) is 11.6 Å². The van der Waals surface area contributed by atoms with Crippen molar-refractivity contribution in [2.75, 3.05) is 13.1 Å². The molecule has 4 aliphatic carbocycles. The quantitative estimate of drug-likeness (QED) is 0.819. The molecule has 4 bridgehead atoms. The third-order valence-corrected chi connectivity index (χ3v) is 7.67. The Kier molecular flexibility index (Phi) is 3.92. The summed E-state index contributed by atoms with van der Waals surface area (Å²) in [6, 6.07) is 3.42. The topological polar surface area (TPSA) is 51.5 Å². The molecule has 5 heteroatoms. The third-order valence-electron chi connectivity index (χ3n) is 7.67. The first-order valence-electron chi connectivity index (χ1n) is 10.5. The monoisotopic (exact) mass is 370 g/mol. The first-order chi connectivity index (χ1) is 12.9. The van der Waals surface area contributed by atoms with Crippen molar-refractivity contribution in [2.24, 2.45) is 30.2 Å². The highest BCUT2D eigenvalue weighted by Crippen LogP contribution is 2.61. The zero-order valence-electron chi connectivity index (χ0n) is 16.4. The Morgan fingerprint density at radius 1 is 1.11 bits per heavy atom. The maximum Gasteiger partial charge on any atom is 0.254 e. The number of carbonyl (C=O) groups is 1. The number of likely N-dealkylation sites (tertiary alicyclic amines) is 1. The number of amides is 1. The van der Waals surface area contributed by atoms with E-state index < -0.39 is 0 Å². The van der Waals surface area contributed by atoms with Crippen LogP contribution in [-0.4, -0.2) is 34.6 Å². The number of pyridine rings is 1. The molecule has 5 aliphatic rings.